The van der Waals surface area contributed by atoms with Crippen molar-refractivity contribution >= 4 is 29.1 Å². The first-order valence-corrected chi connectivity index (χ1v) is 6.87. The summed E-state index contributed by atoms with van der Waals surface area (Å²) in [7, 11) is 0. The van der Waals surface area contributed by atoms with Crippen molar-refractivity contribution in [2.75, 3.05) is 11.4 Å². The second-order valence-electron chi connectivity index (χ2n) is 5.16. The highest BCUT2D eigenvalue weighted by molar-refractivity contribution is 6.30. The Morgan fingerprint density at radius 3 is 2.58 bits per heavy atom. The predicted octanol–water partition coefficient (Wildman–Crippen LogP) is 1.97. The third-order valence-corrected chi connectivity index (χ3v) is 3.81. The lowest BCUT2D eigenvalue weighted by atomic mass is 10.1. The first-order chi connectivity index (χ1) is 9.13. The quantitative estimate of drug-likeness (QED) is 0.919. The second-order valence-corrected chi connectivity index (χ2v) is 5.60. The number of nitrogens with one attached hydrogen (secondary N) is 1. The first kappa shape index (κ1) is 12.5. The zero-order valence-corrected chi connectivity index (χ0v) is 11.2. The number of benzene rings is 1. The summed E-state index contributed by atoms with van der Waals surface area (Å²) in [6, 6.07) is 7.46. The van der Waals surface area contributed by atoms with E-state index in [0.717, 1.165) is 18.5 Å². The molecule has 1 aliphatic carbocycles. The van der Waals surface area contributed by atoms with Gasteiger partial charge in [0, 0.05) is 29.7 Å². The Labute approximate surface area is 116 Å². The maximum Gasteiger partial charge on any atom is 0.227 e. The van der Waals surface area contributed by atoms with Gasteiger partial charge in [0.2, 0.25) is 11.8 Å². The van der Waals surface area contributed by atoms with Crippen LogP contribution in [-0.4, -0.2) is 24.4 Å². The maximum atomic E-state index is 12.0. The molecule has 1 aliphatic heterocycles. The Morgan fingerprint density at radius 1 is 1.26 bits per heavy atom. The number of rotatable bonds is 3. The van der Waals surface area contributed by atoms with Gasteiger partial charge in [-0.1, -0.05) is 11.6 Å². The smallest absolute Gasteiger partial charge is 0.227 e. The second kappa shape index (κ2) is 4.85. The molecular formula is C14H15ClN2O2. The van der Waals surface area contributed by atoms with Crippen molar-refractivity contribution in [1.29, 1.82) is 0 Å². The summed E-state index contributed by atoms with van der Waals surface area (Å²) in [4.78, 5) is 25.6. The average molecular weight is 279 g/mol. The van der Waals surface area contributed by atoms with Crippen molar-refractivity contribution in [2.24, 2.45) is 5.92 Å². The van der Waals surface area contributed by atoms with E-state index in [0.29, 0.717) is 24.0 Å². The number of anilines is 1. The fourth-order valence-corrected chi connectivity index (χ4v) is 2.43. The van der Waals surface area contributed by atoms with Crippen LogP contribution >= 0.6 is 11.6 Å². The van der Waals surface area contributed by atoms with Crippen LogP contribution in [0.4, 0.5) is 5.69 Å². The molecule has 2 fully saturated rings. The number of hydrogen-bond donors (Lipinski definition) is 1. The van der Waals surface area contributed by atoms with E-state index in [1.165, 1.54) is 0 Å². The molecule has 1 atom stereocenters. The Hall–Kier alpha value is -1.55. The van der Waals surface area contributed by atoms with E-state index in [4.69, 9.17) is 11.6 Å². The third-order valence-electron chi connectivity index (χ3n) is 3.56. The molecule has 0 bridgehead atoms. The molecular weight excluding hydrogens is 264 g/mol. The lowest BCUT2D eigenvalue weighted by molar-refractivity contribution is -0.126. The fraction of sp³-hybridized carbons (Fsp3) is 0.429. The minimum Gasteiger partial charge on any atom is -0.353 e. The van der Waals surface area contributed by atoms with Gasteiger partial charge < -0.3 is 10.2 Å². The van der Waals surface area contributed by atoms with E-state index in [9.17, 15) is 9.59 Å². The monoisotopic (exact) mass is 278 g/mol. The van der Waals surface area contributed by atoms with Gasteiger partial charge in [-0.15, -0.1) is 0 Å². The summed E-state index contributed by atoms with van der Waals surface area (Å²) in [5.41, 5.74) is 0.802. The van der Waals surface area contributed by atoms with Crippen molar-refractivity contribution < 1.29 is 9.59 Å². The molecule has 1 aromatic carbocycles. The number of carbonyl (C=O) groups is 2. The van der Waals surface area contributed by atoms with Crippen LogP contribution in [0.15, 0.2) is 24.3 Å². The summed E-state index contributed by atoms with van der Waals surface area (Å²) in [5, 5.41) is 3.60. The van der Waals surface area contributed by atoms with Crippen molar-refractivity contribution in [3.63, 3.8) is 0 Å². The van der Waals surface area contributed by atoms with Crippen LogP contribution < -0.4 is 10.2 Å². The summed E-state index contributed by atoms with van der Waals surface area (Å²) >= 11 is 5.83. The van der Waals surface area contributed by atoms with Gasteiger partial charge in [0.1, 0.15) is 0 Å². The zero-order chi connectivity index (χ0) is 13.4. The normalized spacial score (nSPS) is 22.7. The molecule has 0 aromatic heterocycles. The number of amides is 2. The highest BCUT2D eigenvalue weighted by Crippen LogP contribution is 2.27. The molecule has 100 valence electrons. The topological polar surface area (TPSA) is 49.4 Å². The largest absolute Gasteiger partial charge is 0.353 e. The Bertz CT molecular complexity index is 511. The van der Waals surface area contributed by atoms with Gasteiger partial charge >= 0.3 is 0 Å². The lowest BCUT2D eigenvalue weighted by Crippen LogP contribution is -2.34. The minimum absolute atomic E-state index is 0.00160. The van der Waals surface area contributed by atoms with E-state index in [2.05, 4.69) is 5.32 Å². The van der Waals surface area contributed by atoms with Gasteiger partial charge in [0.25, 0.3) is 0 Å². The van der Waals surface area contributed by atoms with Crippen LogP contribution in [0.2, 0.25) is 5.02 Å². The molecule has 1 saturated heterocycles. The molecule has 3 rings (SSSR count). The molecule has 2 aliphatic rings. The number of halogens is 1. The third kappa shape index (κ3) is 2.73. The van der Waals surface area contributed by atoms with E-state index in [1.54, 1.807) is 29.2 Å². The van der Waals surface area contributed by atoms with Crippen LogP contribution in [0.5, 0.6) is 0 Å². The summed E-state index contributed by atoms with van der Waals surface area (Å²) in [6.45, 7) is 0.457. The Balaban J connectivity index is 1.68. The van der Waals surface area contributed by atoms with Crippen LogP contribution in [0.1, 0.15) is 19.3 Å². The predicted molar refractivity (Wildman–Crippen MR) is 73.1 cm³/mol. The van der Waals surface area contributed by atoms with Gasteiger partial charge in [-0.05, 0) is 37.1 Å². The van der Waals surface area contributed by atoms with E-state index >= 15 is 0 Å². The van der Waals surface area contributed by atoms with Crippen molar-refractivity contribution in [1.82, 2.24) is 5.32 Å². The molecule has 0 unspecified atom stereocenters. The average Bonchev–Trinajstić information content (AvgIpc) is 3.11. The van der Waals surface area contributed by atoms with Gasteiger partial charge in [-0.2, -0.15) is 0 Å². The van der Waals surface area contributed by atoms with Crippen molar-refractivity contribution in [3.05, 3.63) is 29.3 Å². The fourth-order valence-electron chi connectivity index (χ4n) is 2.30. The molecule has 1 heterocycles. The van der Waals surface area contributed by atoms with Crippen molar-refractivity contribution in [3.8, 4) is 0 Å². The lowest BCUT2D eigenvalue weighted by Gasteiger charge is -2.16. The standard InChI is InChI=1S/C14H15ClN2O2/c15-10-1-5-12(6-2-10)17-8-9(7-13(17)18)14(19)16-11-3-4-11/h1-2,5-6,9,11H,3-4,7-8H2,(H,16,19)/t9-/m0/s1. The maximum absolute atomic E-state index is 12.0. The molecule has 1 aromatic rings. The molecule has 0 radical (unpaired) electrons. The van der Waals surface area contributed by atoms with E-state index in [-0.39, 0.29) is 17.7 Å². The molecule has 4 nitrogen and oxygen atoms in total. The van der Waals surface area contributed by atoms with Crippen LogP contribution in [0.3, 0.4) is 0 Å². The summed E-state index contributed by atoms with van der Waals surface area (Å²) in [6.07, 6.45) is 2.42. The Kier molecular flexibility index (Phi) is 3.19. The minimum atomic E-state index is -0.233. The summed E-state index contributed by atoms with van der Waals surface area (Å²) in [5.74, 6) is -0.227. The van der Waals surface area contributed by atoms with Gasteiger partial charge in [-0.3, -0.25) is 9.59 Å². The number of nitrogens with zero attached hydrogens (tertiary/aromatic N) is 1. The van der Waals surface area contributed by atoms with Gasteiger partial charge in [0.05, 0.1) is 5.92 Å². The van der Waals surface area contributed by atoms with Crippen LogP contribution in [-0.2, 0) is 9.59 Å². The number of hydrogen-bond acceptors (Lipinski definition) is 2. The molecule has 1 saturated carbocycles. The van der Waals surface area contributed by atoms with E-state index < -0.39 is 0 Å². The molecule has 19 heavy (non-hydrogen) atoms. The van der Waals surface area contributed by atoms with E-state index in [1.807, 2.05) is 0 Å². The molecule has 1 N–H and O–H groups in total. The van der Waals surface area contributed by atoms with Crippen LogP contribution in [0, 0.1) is 5.92 Å². The Morgan fingerprint density at radius 2 is 1.95 bits per heavy atom. The zero-order valence-electron chi connectivity index (χ0n) is 10.4. The number of carbonyl (C=O) groups excluding carboxylic acids is 2. The molecule has 2 amide bonds. The van der Waals surface area contributed by atoms with Crippen LogP contribution in [0.25, 0.3) is 0 Å². The SMILES string of the molecule is O=C(NC1CC1)[C@H]1CC(=O)N(c2ccc(Cl)cc2)C1. The summed E-state index contributed by atoms with van der Waals surface area (Å²) < 4.78 is 0. The molecule has 0 spiro atoms. The van der Waals surface area contributed by atoms with Gasteiger partial charge in [0.15, 0.2) is 0 Å². The van der Waals surface area contributed by atoms with Crippen molar-refractivity contribution in [2.45, 2.75) is 25.3 Å². The molecule has 5 heteroatoms. The highest BCUT2D eigenvalue weighted by atomic mass is 35.5. The first-order valence-electron chi connectivity index (χ1n) is 6.50. The van der Waals surface area contributed by atoms with Gasteiger partial charge in [-0.25, -0.2) is 0 Å². The highest BCUT2D eigenvalue weighted by Gasteiger charge is 2.36.